The Balaban J connectivity index is 2.52. The average Bonchev–Trinajstić information content (AvgIpc) is 2.28. The molecule has 1 rings (SSSR count). The molecule has 0 unspecified atom stereocenters. The highest BCUT2D eigenvalue weighted by atomic mass is 16.1. The van der Waals surface area contributed by atoms with Gasteiger partial charge in [0.25, 0.3) is 5.91 Å². The van der Waals surface area contributed by atoms with E-state index in [9.17, 15) is 4.79 Å². The predicted molar refractivity (Wildman–Crippen MR) is 67.9 cm³/mol. The van der Waals surface area contributed by atoms with Gasteiger partial charge in [0, 0.05) is 6.54 Å². The van der Waals surface area contributed by atoms with Crippen LogP contribution in [-0.4, -0.2) is 22.6 Å². The highest BCUT2D eigenvalue weighted by Gasteiger charge is 2.08. The van der Waals surface area contributed by atoms with E-state index in [-0.39, 0.29) is 5.91 Å². The van der Waals surface area contributed by atoms with E-state index < -0.39 is 0 Å². The van der Waals surface area contributed by atoms with Crippen molar-refractivity contribution in [3.8, 4) is 0 Å². The smallest absolute Gasteiger partial charge is 0.271 e. The quantitative estimate of drug-likeness (QED) is 0.852. The van der Waals surface area contributed by atoms with Gasteiger partial charge in [0.05, 0.1) is 5.69 Å². The lowest BCUT2D eigenvalue weighted by atomic mass is 10.1. The molecule has 0 aliphatic heterocycles. The van der Waals surface area contributed by atoms with E-state index in [2.05, 4.69) is 29.4 Å². The zero-order chi connectivity index (χ0) is 12.8. The largest absolute Gasteiger partial charge is 0.351 e. The molecule has 0 bridgehead atoms. The Bertz CT molecular complexity index is 357. The highest BCUT2D eigenvalue weighted by molar-refractivity contribution is 5.91. The Morgan fingerprint density at radius 3 is 2.41 bits per heavy atom. The Morgan fingerprint density at radius 1 is 1.24 bits per heavy atom. The summed E-state index contributed by atoms with van der Waals surface area (Å²) in [5.74, 6) is 0.777. The summed E-state index contributed by atoms with van der Waals surface area (Å²) >= 11 is 0. The summed E-state index contributed by atoms with van der Waals surface area (Å²) in [6.07, 6.45) is 0.975. The Morgan fingerprint density at radius 2 is 1.94 bits per heavy atom. The van der Waals surface area contributed by atoms with Gasteiger partial charge in [0.2, 0.25) is 0 Å². The maximum absolute atomic E-state index is 11.7. The summed E-state index contributed by atoms with van der Waals surface area (Å²) in [5.41, 5.74) is 1.29. The number of carbonyl (C=O) groups is 1. The monoisotopic (exact) mass is 235 g/mol. The first kappa shape index (κ1) is 13.6. The minimum atomic E-state index is -0.145. The van der Waals surface area contributed by atoms with Crippen LogP contribution in [0, 0.1) is 5.92 Å². The van der Waals surface area contributed by atoms with Crippen LogP contribution in [-0.2, 0) is 0 Å². The van der Waals surface area contributed by atoms with Crippen LogP contribution in [0.5, 0.6) is 0 Å². The average molecular weight is 235 g/mol. The fourth-order valence-electron chi connectivity index (χ4n) is 1.34. The van der Waals surface area contributed by atoms with Crippen molar-refractivity contribution in [2.24, 2.45) is 5.92 Å². The number of amides is 1. The molecule has 94 valence electrons. The van der Waals surface area contributed by atoms with Crippen molar-refractivity contribution in [2.75, 3.05) is 6.54 Å². The lowest BCUT2D eigenvalue weighted by Crippen LogP contribution is -2.26. The standard InChI is InChI=1S/C13H21N3O/c1-9(2)7-8-14-13(17)12-6-5-11(10(3)4)15-16-12/h5-6,9-10H,7-8H2,1-4H3,(H,14,17). The van der Waals surface area contributed by atoms with E-state index in [0.29, 0.717) is 24.1 Å². The van der Waals surface area contributed by atoms with Crippen LogP contribution >= 0.6 is 0 Å². The lowest BCUT2D eigenvalue weighted by molar-refractivity contribution is 0.0946. The van der Waals surface area contributed by atoms with Crippen LogP contribution in [0.2, 0.25) is 0 Å². The van der Waals surface area contributed by atoms with Gasteiger partial charge in [-0.25, -0.2) is 0 Å². The molecule has 1 aromatic rings. The van der Waals surface area contributed by atoms with Gasteiger partial charge in [-0.1, -0.05) is 27.7 Å². The van der Waals surface area contributed by atoms with E-state index >= 15 is 0 Å². The molecule has 0 aromatic carbocycles. The molecule has 4 heteroatoms. The number of carbonyl (C=O) groups excluding carboxylic acids is 1. The third-order valence-corrected chi connectivity index (χ3v) is 2.52. The van der Waals surface area contributed by atoms with Crippen molar-refractivity contribution >= 4 is 5.91 Å². The first-order valence-electron chi connectivity index (χ1n) is 6.12. The second-order valence-corrected chi connectivity index (χ2v) is 4.94. The zero-order valence-electron chi connectivity index (χ0n) is 11.0. The molecular formula is C13H21N3O. The second-order valence-electron chi connectivity index (χ2n) is 4.94. The molecule has 1 amide bonds. The van der Waals surface area contributed by atoms with Crippen molar-refractivity contribution < 1.29 is 4.79 Å². The van der Waals surface area contributed by atoms with Gasteiger partial charge in [-0.05, 0) is 30.4 Å². The second kappa shape index (κ2) is 6.33. The van der Waals surface area contributed by atoms with Gasteiger partial charge in [-0.2, -0.15) is 5.10 Å². The molecule has 0 aliphatic rings. The summed E-state index contributed by atoms with van der Waals surface area (Å²) in [7, 11) is 0. The number of aromatic nitrogens is 2. The molecule has 0 radical (unpaired) electrons. The Labute approximate surface area is 103 Å². The van der Waals surface area contributed by atoms with Crippen LogP contribution in [0.15, 0.2) is 12.1 Å². The fourth-order valence-corrected chi connectivity index (χ4v) is 1.34. The zero-order valence-corrected chi connectivity index (χ0v) is 11.0. The van der Waals surface area contributed by atoms with Crippen LogP contribution in [0.4, 0.5) is 0 Å². The normalized spacial score (nSPS) is 10.9. The summed E-state index contributed by atoms with van der Waals surface area (Å²) in [5, 5.41) is 10.8. The third kappa shape index (κ3) is 4.51. The van der Waals surface area contributed by atoms with Gasteiger partial charge < -0.3 is 5.32 Å². The molecule has 0 aliphatic carbocycles. The van der Waals surface area contributed by atoms with E-state index in [4.69, 9.17) is 0 Å². The van der Waals surface area contributed by atoms with Gasteiger partial charge in [-0.3, -0.25) is 4.79 Å². The number of rotatable bonds is 5. The van der Waals surface area contributed by atoms with E-state index in [1.54, 1.807) is 6.07 Å². The van der Waals surface area contributed by atoms with Crippen LogP contribution < -0.4 is 5.32 Å². The maximum atomic E-state index is 11.7. The van der Waals surface area contributed by atoms with E-state index in [1.165, 1.54) is 0 Å². The van der Waals surface area contributed by atoms with Crippen LogP contribution in [0.1, 0.15) is 56.2 Å². The Hall–Kier alpha value is -1.45. The molecule has 0 saturated heterocycles. The number of nitrogens with zero attached hydrogens (tertiary/aromatic N) is 2. The molecular weight excluding hydrogens is 214 g/mol. The minimum Gasteiger partial charge on any atom is -0.351 e. The fraction of sp³-hybridized carbons (Fsp3) is 0.615. The molecule has 1 N–H and O–H groups in total. The van der Waals surface area contributed by atoms with Crippen molar-refractivity contribution in [2.45, 2.75) is 40.0 Å². The highest BCUT2D eigenvalue weighted by Crippen LogP contribution is 2.09. The Kier molecular flexibility index (Phi) is 5.07. The van der Waals surface area contributed by atoms with Crippen molar-refractivity contribution in [3.05, 3.63) is 23.5 Å². The molecule has 0 spiro atoms. The summed E-state index contributed by atoms with van der Waals surface area (Å²) in [6, 6.07) is 3.59. The molecule has 4 nitrogen and oxygen atoms in total. The molecule has 17 heavy (non-hydrogen) atoms. The molecule has 1 aromatic heterocycles. The number of hydrogen-bond acceptors (Lipinski definition) is 3. The molecule has 0 fully saturated rings. The first-order valence-corrected chi connectivity index (χ1v) is 6.12. The topological polar surface area (TPSA) is 54.9 Å². The summed E-state index contributed by atoms with van der Waals surface area (Å²) < 4.78 is 0. The molecule has 1 heterocycles. The maximum Gasteiger partial charge on any atom is 0.271 e. The summed E-state index contributed by atoms with van der Waals surface area (Å²) in [4.78, 5) is 11.7. The third-order valence-electron chi connectivity index (χ3n) is 2.52. The number of hydrogen-bond donors (Lipinski definition) is 1. The lowest BCUT2D eigenvalue weighted by Gasteiger charge is -2.07. The minimum absolute atomic E-state index is 0.145. The van der Waals surface area contributed by atoms with Gasteiger partial charge >= 0.3 is 0 Å². The van der Waals surface area contributed by atoms with E-state index in [0.717, 1.165) is 12.1 Å². The molecule has 0 saturated carbocycles. The van der Waals surface area contributed by atoms with Gasteiger partial charge in [0.15, 0.2) is 5.69 Å². The number of nitrogens with one attached hydrogen (secondary N) is 1. The van der Waals surface area contributed by atoms with Crippen molar-refractivity contribution in [1.82, 2.24) is 15.5 Å². The van der Waals surface area contributed by atoms with E-state index in [1.807, 2.05) is 19.9 Å². The SMILES string of the molecule is CC(C)CCNC(=O)c1ccc(C(C)C)nn1. The van der Waals surface area contributed by atoms with Crippen LogP contribution in [0.3, 0.4) is 0 Å². The van der Waals surface area contributed by atoms with Gasteiger partial charge in [0.1, 0.15) is 0 Å². The molecule has 0 atom stereocenters. The van der Waals surface area contributed by atoms with Crippen molar-refractivity contribution in [1.29, 1.82) is 0 Å². The summed E-state index contributed by atoms with van der Waals surface area (Å²) in [6.45, 7) is 9.04. The first-order chi connectivity index (χ1) is 8.00. The predicted octanol–water partition coefficient (Wildman–Crippen LogP) is 2.38. The van der Waals surface area contributed by atoms with Crippen molar-refractivity contribution in [3.63, 3.8) is 0 Å². The van der Waals surface area contributed by atoms with Gasteiger partial charge in [-0.15, -0.1) is 5.10 Å². The van der Waals surface area contributed by atoms with Crippen LogP contribution in [0.25, 0.3) is 0 Å².